The number of morpholine rings is 1. The van der Waals surface area contributed by atoms with E-state index in [9.17, 15) is 4.79 Å². The summed E-state index contributed by atoms with van der Waals surface area (Å²) in [4.78, 5) is 31.6. The summed E-state index contributed by atoms with van der Waals surface area (Å²) in [6.45, 7) is 7.14. The first-order valence-corrected chi connectivity index (χ1v) is 12.8. The van der Waals surface area contributed by atoms with Crippen LogP contribution in [0.1, 0.15) is 25.3 Å². The highest BCUT2D eigenvalue weighted by molar-refractivity contribution is 6.00. The molecule has 0 atom stereocenters. The van der Waals surface area contributed by atoms with Gasteiger partial charge in [0, 0.05) is 48.5 Å². The molecule has 1 aliphatic heterocycles. The summed E-state index contributed by atoms with van der Waals surface area (Å²) in [5, 5.41) is 10.6. The zero-order valence-corrected chi connectivity index (χ0v) is 21.6. The first-order chi connectivity index (χ1) is 19.0. The molecule has 1 aromatic carbocycles. The molecular formula is C28H28N8O3. The molecule has 198 valence electrons. The van der Waals surface area contributed by atoms with Gasteiger partial charge in [-0.2, -0.15) is 0 Å². The lowest BCUT2D eigenvalue weighted by molar-refractivity contribution is 0.122. The van der Waals surface area contributed by atoms with Gasteiger partial charge in [-0.15, -0.1) is 0 Å². The number of fused-ring (bicyclic) bond motifs is 1. The SMILES string of the molecule is CC(C)c1cc(-c2cc3c(N4CCOCC4)ncnc3[nH]2)ccc1NC(=O)Nc1cc(-c2cccnc2)no1. The highest BCUT2D eigenvalue weighted by atomic mass is 16.5. The molecule has 0 bridgehead atoms. The number of aromatic nitrogens is 5. The van der Waals surface area contributed by atoms with Gasteiger partial charge in [-0.3, -0.25) is 10.3 Å². The summed E-state index contributed by atoms with van der Waals surface area (Å²) in [7, 11) is 0. The number of urea groups is 1. The van der Waals surface area contributed by atoms with Crippen LogP contribution in [0.25, 0.3) is 33.5 Å². The summed E-state index contributed by atoms with van der Waals surface area (Å²) in [5.41, 5.74) is 5.80. The van der Waals surface area contributed by atoms with Crippen LogP contribution in [-0.4, -0.2) is 57.4 Å². The maximum absolute atomic E-state index is 12.8. The summed E-state index contributed by atoms with van der Waals surface area (Å²) in [5.74, 6) is 1.31. The summed E-state index contributed by atoms with van der Waals surface area (Å²) in [6.07, 6.45) is 4.96. The number of anilines is 3. The molecule has 6 rings (SSSR count). The van der Waals surface area contributed by atoms with E-state index < -0.39 is 6.03 Å². The van der Waals surface area contributed by atoms with E-state index in [4.69, 9.17) is 9.26 Å². The van der Waals surface area contributed by atoms with Crippen molar-refractivity contribution in [1.82, 2.24) is 25.1 Å². The number of pyridine rings is 1. The number of benzene rings is 1. The fraction of sp³-hybridized carbons (Fsp3) is 0.250. The van der Waals surface area contributed by atoms with Crippen LogP contribution in [0.4, 0.5) is 22.2 Å². The van der Waals surface area contributed by atoms with Crippen molar-refractivity contribution in [3.8, 4) is 22.5 Å². The lowest BCUT2D eigenvalue weighted by Gasteiger charge is -2.27. The monoisotopic (exact) mass is 524 g/mol. The van der Waals surface area contributed by atoms with Gasteiger partial charge < -0.3 is 24.5 Å². The Morgan fingerprint density at radius 2 is 1.92 bits per heavy atom. The Balaban J connectivity index is 1.22. The molecule has 11 nitrogen and oxygen atoms in total. The molecule has 4 aromatic heterocycles. The smallest absolute Gasteiger partial charge is 0.326 e. The van der Waals surface area contributed by atoms with Gasteiger partial charge in [0.1, 0.15) is 23.5 Å². The second-order valence-electron chi connectivity index (χ2n) is 9.60. The van der Waals surface area contributed by atoms with Crippen LogP contribution in [0.2, 0.25) is 0 Å². The molecule has 0 saturated carbocycles. The van der Waals surface area contributed by atoms with Crippen molar-refractivity contribution < 1.29 is 14.1 Å². The van der Waals surface area contributed by atoms with Crippen LogP contribution in [-0.2, 0) is 4.74 Å². The topological polar surface area (TPSA) is 134 Å². The van der Waals surface area contributed by atoms with E-state index in [2.05, 4.69) is 66.6 Å². The molecular weight excluding hydrogens is 496 g/mol. The van der Waals surface area contributed by atoms with E-state index in [1.807, 2.05) is 24.3 Å². The van der Waals surface area contributed by atoms with Crippen molar-refractivity contribution in [2.45, 2.75) is 19.8 Å². The molecule has 0 radical (unpaired) electrons. The van der Waals surface area contributed by atoms with Crippen LogP contribution in [0, 0.1) is 0 Å². The van der Waals surface area contributed by atoms with Gasteiger partial charge in [0.25, 0.3) is 0 Å². The normalized spacial score (nSPS) is 13.7. The Hall–Kier alpha value is -4.77. The van der Waals surface area contributed by atoms with Crippen molar-refractivity contribution in [2.24, 2.45) is 0 Å². The van der Waals surface area contributed by atoms with Crippen molar-refractivity contribution in [1.29, 1.82) is 0 Å². The van der Waals surface area contributed by atoms with Crippen LogP contribution in [0.5, 0.6) is 0 Å². The Bertz CT molecular complexity index is 1610. The molecule has 39 heavy (non-hydrogen) atoms. The maximum atomic E-state index is 12.8. The van der Waals surface area contributed by atoms with Crippen LogP contribution in [0.15, 0.2) is 65.7 Å². The quantitative estimate of drug-likeness (QED) is 0.273. The Morgan fingerprint density at radius 3 is 2.72 bits per heavy atom. The van der Waals surface area contributed by atoms with E-state index in [0.717, 1.165) is 52.3 Å². The first kappa shape index (κ1) is 24.6. The fourth-order valence-electron chi connectivity index (χ4n) is 4.68. The number of rotatable bonds is 6. The first-order valence-electron chi connectivity index (χ1n) is 12.8. The molecule has 0 aliphatic carbocycles. The number of aromatic amines is 1. The largest absolute Gasteiger partial charge is 0.378 e. The van der Waals surface area contributed by atoms with E-state index in [-0.39, 0.29) is 11.8 Å². The Labute approximate surface area is 224 Å². The maximum Gasteiger partial charge on any atom is 0.326 e. The minimum Gasteiger partial charge on any atom is -0.378 e. The number of nitrogens with zero attached hydrogens (tertiary/aromatic N) is 5. The Morgan fingerprint density at radius 1 is 1.05 bits per heavy atom. The molecule has 1 aliphatic rings. The molecule has 1 fully saturated rings. The number of ether oxygens (including phenoxy) is 1. The third-order valence-electron chi connectivity index (χ3n) is 6.65. The minimum atomic E-state index is -0.422. The molecule has 0 unspecified atom stereocenters. The zero-order valence-electron chi connectivity index (χ0n) is 21.6. The third kappa shape index (κ3) is 5.16. The summed E-state index contributed by atoms with van der Waals surface area (Å²) in [6, 6.07) is 13.0. The van der Waals surface area contributed by atoms with Crippen molar-refractivity contribution in [3.63, 3.8) is 0 Å². The number of H-pyrrole nitrogens is 1. The number of carbonyl (C=O) groups is 1. The lowest BCUT2D eigenvalue weighted by Crippen LogP contribution is -2.36. The minimum absolute atomic E-state index is 0.163. The summed E-state index contributed by atoms with van der Waals surface area (Å²) >= 11 is 0. The summed E-state index contributed by atoms with van der Waals surface area (Å²) < 4.78 is 10.8. The standard InChI is InChI=1S/C28H28N8O3/c1-17(2)20-12-18(23-13-21-26(32-23)30-16-31-27(21)36-8-10-38-11-9-36)5-6-22(20)33-28(37)34-25-14-24(35-39-25)19-4-3-7-29-15-19/h3-7,12-17H,8-11H2,1-2H3,(H,30,31,32)(H2,33,34,37). The number of hydrogen-bond acceptors (Lipinski definition) is 8. The van der Waals surface area contributed by atoms with E-state index in [1.54, 1.807) is 24.8 Å². The van der Waals surface area contributed by atoms with Crippen LogP contribution >= 0.6 is 0 Å². The van der Waals surface area contributed by atoms with E-state index in [1.165, 1.54) is 0 Å². The number of carbonyl (C=O) groups excluding carboxylic acids is 1. The second kappa shape index (κ2) is 10.5. The average Bonchev–Trinajstić information content (AvgIpc) is 3.61. The molecule has 3 N–H and O–H groups in total. The molecule has 2 amide bonds. The zero-order chi connectivity index (χ0) is 26.8. The van der Waals surface area contributed by atoms with Gasteiger partial charge in [0.2, 0.25) is 5.88 Å². The van der Waals surface area contributed by atoms with E-state index >= 15 is 0 Å². The second-order valence-corrected chi connectivity index (χ2v) is 9.60. The van der Waals surface area contributed by atoms with Crippen LogP contribution < -0.4 is 15.5 Å². The number of amides is 2. The van der Waals surface area contributed by atoms with Gasteiger partial charge in [-0.05, 0) is 47.4 Å². The van der Waals surface area contributed by atoms with Gasteiger partial charge in [-0.25, -0.2) is 14.8 Å². The van der Waals surface area contributed by atoms with Crippen molar-refractivity contribution in [2.75, 3.05) is 41.8 Å². The molecule has 11 heteroatoms. The highest BCUT2D eigenvalue weighted by Gasteiger charge is 2.19. The Kier molecular flexibility index (Phi) is 6.64. The van der Waals surface area contributed by atoms with Gasteiger partial charge in [-0.1, -0.05) is 25.1 Å². The number of nitrogens with one attached hydrogen (secondary N) is 3. The van der Waals surface area contributed by atoms with Gasteiger partial charge in [0.05, 0.1) is 18.6 Å². The molecule has 1 saturated heterocycles. The highest BCUT2D eigenvalue weighted by Crippen LogP contribution is 2.33. The fourth-order valence-corrected chi connectivity index (χ4v) is 4.68. The predicted octanol–water partition coefficient (Wildman–Crippen LogP) is 5.28. The third-order valence-corrected chi connectivity index (χ3v) is 6.65. The van der Waals surface area contributed by atoms with Crippen molar-refractivity contribution >= 4 is 34.5 Å². The predicted molar refractivity (Wildman–Crippen MR) is 149 cm³/mol. The van der Waals surface area contributed by atoms with E-state index in [0.29, 0.717) is 24.6 Å². The van der Waals surface area contributed by atoms with Gasteiger partial charge >= 0.3 is 6.03 Å². The van der Waals surface area contributed by atoms with Crippen molar-refractivity contribution in [3.05, 3.63) is 66.7 Å². The van der Waals surface area contributed by atoms with Gasteiger partial charge in [0.15, 0.2) is 0 Å². The lowest BCUT2D eigenvalue weighted by atomic mass is 9.97. The molecule has 5 aromatic rings. The molecule has 0 spiro atoms. The molecule has 5 heterocycles. The van der Waals surface area contributed by atoms with Crippen LogP contribution in [0.3, 0.4) is 0 Å². The average molecular weight is 525 g/mol. The number of hydrogen-bond donors (Lipinski definition) is 3.